The highest BCUT2D eigenvalue weighted by Crippen LogP contribution is 2.30. The van der Waals surface area contributed by atoms with E-state index in [4.69, 9.17) is 16.3 Å². The number of alkyl halides is 3. The Balaban J connectivity index is 1.37. The number of carbonyl (C=O) groups excluding carboxylic acids is 2. The molecule has 0 saturated carbocycles. The largest absolute Gasteiger partial charge is 0.506 e. The number of rotatable bonds is 8. The van der Waals surface area contributed by atoms with Crippen LogP contribution in [-0.4, -0.2) is 29.7 Å². The molecule has 0 aromatic heterocycles. The number of aromatic hydroxyl groups is 1. The molecule has 4 rings (SSSR count). The molecule has 0 aliphatic heterocycles. The van der Waals surface area contributed by atoms with E-state index in [0.717, 1.165) is 17.5 Å². The Morgan fingerprint density at radius 3 is 2.38 bits per heavy atom. The lowest BCUT2D eigenvalue weighted by atomic mass is 10.0. The second kappa shape index (κ2) is 11.9. The van der Waals surface area contributed by atoms with Crippen LogP contribution in [0.4, 0.5) is 13.2 Å². The van der Waals surface area contributed by atoms with Crippen LogP contribution in [0.2, 0.25) is 5.02 Å². The molecule has 0 heterocycles. The molecule has 4 aromatic rings. The summed E-state index contributed by atoms with van der Waals surface area (Å²) in [4.78, 5) is 24.6. The first-order valence-electron chi connectivity index (χ1n) is 11.5. The number of hydrogen-bond donors (Lipinski definition) is 3. The number of fused-ring (bicyclic) bond motifs is 1. The van der Waals surface area contributed by atoms with Crippen molar-refractivity contribution in [3.63, 3.8) is 0 Å². The number of nitrogens with one attached hydrogen (secondary N) is 2. The maximum absolute atomic E-state index is 12.7. The molecule has 200 valence electrons. The average molecular weight is 556 g/mol. The molecular formula is C28H21ClF3N3O4. The minimum absolute atomic E-state index is 0.0430. The standard InChI is InChI=1S/C28H21ClF3N3O4/c29-23-13-18(7-11-24(23)36)27(38)35-34-15-19-8-12-25(22-4-2-1-3-21(19)22)39-16-26(37)33-14-17-5-9-20(10-6-17)28(30,31)32/h1-13,15,36H,14,16H2,(H,33,37)(H,35,38). The summed E-state index contributed by atoms with van der Waals surface area (Å²) >= 11 is 5.84. The van der Waals surface area contributed by atoms with Crippen LogP contribution in [0.5, 0.6) is 11.5 Å². The molecule has 11 heteroatoms. The summed E-state index contributed by atoms with van der Waals surface area (Å²) in [5.74, 6) is -0.654. The van der Waals surface area contributed by atoms with E-state index in [2.05, 4.69) is 15.8 Å². The van der Waals surface area contributed by atoms with Crippen LogP contribution in [-0.2, 0) is 17.5 Å². The highest BCUT2D eigenvalue weighted by molar-refractivity contribution is 6.32. The molecule has 0 bridgehead atoms. The van der Waals surface area contributed by atoms with Crippen molar-refractivity contribution in [2.45, 2.75) is 12.7 Å². The lowest BCUT2D eigenvalue weighted by Crippen LogP contribution is -2.28. The van der Waals surface area contributed by atoms with Crippen LogP contribution in [0.15, 0.2) is 84.0 Å². The Labute approximate surface area is 225 Å². The molecule has 7 nitrogen and oxygen atoms in total. The van der Waals surface area contributed by atoms with Crippen molar-refractivity contribution < 1.29 is 32.6 Å². The van der Waals surface area contributed by atoms with Crippen molar-refractivity contribution >= 4 is 40.4 Å². The van der Waals surface area contributed by atoms with Gasteiger partial charge < -0.3 is 15.2 Å². The van der Waals surface area contributed by atoms with Crippen LogP contribution in [0.1, 0.15) is 27.0 Å². The van der Waals surface area contributed by atoms with Crippen LogP contribution < -0.4 is 15.5 Å². The Hall–Kier alpha value is -4.57. The van der Waals surface area contributed by atoms with Gasteiger partial charge in [-0.1, -0.05) is 48.0 Å². The number of phenols is 1. The summed E-state index contributed by atoms with van der Waals surface area (Å²) in [6, 6.07) is 19.2. The number of carbonyl (C=O) groups is 2. The van der Waals surface area contributed by atoms with E-state index in [1.165, 1.54) is 36.5 Å². The molecule has 3 N–H and O–H groups in total. The number of ether oxygens (including phenoxy) is 1. The normalized spacial score (nSPS) is 11.5. The molecule has 4 aromatic carbocycles. The highest BCUT2D eigenvalue weighted by atomic mass is 35.5. The summed E-state index contributed by atoms with van der Waals surface area (Å²) in [5.41, 5.74) is 3.06. The van der Waals surface area contributed by atoms with Crippen LogP contribution in [0.25, 0.3) is 10.8 Å². The zero-order valence-electron chi connectivity index (χ0n) is 20.1. The zero-order chi connectivity index (χ0) is 28.0. The predicted molar refractivity (Wildman–Crippen MR) is 141 cm³/mol. The summed E-state index contributed by atoms with van der Waals surface area (Å²) in [6.45, 7) is -0.248. The Bertz CT molecular complexity index is 1540. The third-order valence-electron chi connectivity index (χ3n) is 5.63. The molecule has 2 amide bonds. The Morgan fingerprint density at radius 1 is 0.974 bits per heavy atom. The van der Waals surface area contributed by atoms with Gasteiger partial charge >= 0.3 is 6.18 Å². The Kier molecular flexibility index (Phi) is 8.36. The van der Waals surface area contributed by atoms with E-state index in [1.807, 2.05) is 12.1 Å². The summed E-state index contributed by atoms with van der Waals surface area (Å²) in [7, 11) is 0. The van der Waals surface area contributed by atoms with E-state index < -0.39 is 23.6 Å². The highest BCUT2D eigenvalue weighted by Gasteiger charge is 2.29. The second-order valence-corrected chi connectivity index (χ2v) is 8.73. The molecule has 39 heavy (non-hydrogen) atoms. The van der Waals surface area contributed by atoms with Gasteiger partial charge in [0.2, 0.25) is 0 Å². The van der Waals surface area contributed by atoms with E-state index in [-0.39, 0.29) is 29.5 Å². The van der Waals surface area contributed by atoms with Crippen molar-refractivity contribution in [1.82, 2.24) is 10.7 Å². The van der Waals surface area contributed by atoms with Gasteiger partial charge in [0.25, 0.3) is 11.8 Å². The van der Waals surface area contributed by atoms with E-state index >= 15 is 0 Å². The number of halogens is 4. The maximum atomic E-state index is 12.7. The molecule has 0 spiro atoms. The first-order valence-corrected chi connectivity index (χ1v) is 11.9. The fraction of sp³-hybridized carbons (Fsp3) is 0.107. The molecule has 0 unspecified atom stereocenters. The molecule has 0 radical (unpaired) electrons. The van der Waals surface area contributed by atoms with Gasteiger partial charge in [0, 0.05) is 23.1 Å². The van der Waals surface area contributed by atoms with Gasteiger partial charge in [-0.2, -0.15) is 18.3 Å². The average Bonchev–Trinajstić information content (AvgIpc) is 2.92. The maximum Gasteiger partial charge on any atom is 0.416 e. The fourth-order valence-electron chi connectivity index (χ4n) is 3.61. The van der Waals surface area contributed by atoms with Crippen molar-refractivity contribution in [2.24, 2.45) is 5.10 Å². The first kappa shape index (κ1) is 27.5. The number of nitrogens with zero attached hydrogens (tertiary/aromatic N) is 1. The summed E-state index contributed by atoms with van der Waals surface area (Å²) < 4.78 is 43.8. The third-order valence-corrected chi connectivity index (χ3v) is 5.93. The SMILES string of the molecule is O=C(COc1ccc(C=NNC(=O)c2ccc(O)c(Cl)c2)c2ccccc12)NCc1ccc(C(F)(F)F)cc1. The monoisotopic (exact) mass is 555 g/mol. The van der Waals surface area contributed by atoms with Crippen molar-refractivity contribution in [1.29, 1.82) is 0 Å². The molecule has 0 fully saturated rings. The number of amides is 2. The summed E-state index contributed by atoms with van der Waals surface area (Å²) in [6.07, 6.45) is -2.96. The van der Waals surface area contributed by atoms with Gasteiger partial charge in [-0.3, -0.25) is 9.59 Å². The lowest BCUT2D eigenvalue weighted by molar-refractivity contribution is -0.137. The summed E-state index contributed by atoms with van der Waals surface area (Å²) in [5, 5.41) is 17.6. The van der Waals surface area contributed by atoms with Crippen LogP contribution in [0, 0.1) is 0 Å². The third kappa shape index (κ3) is 7.05. The van der Waals surface area contributed by atoms with Gasteiger partial charge in [-0.15, -0.1) is 0 Å². The van der Waals surface area contributed by atoms with Crippen LogP contribution in [0.3, 0.4) is 0 Å². The minimum Gasteiger partial charge on any atom is -0.506 e. The van der Waals surface area contributed by atoms with Gasteiger partial charge in [0.15, 0.2) is 6.61 Å². The molecule has 0 aliphatic carbocycles. The minimum atomic E-state index is -4.42. The van der Waals surface area contributed by atoms with Crippen molar-refractivity contribution in [3.8, 4) is 11.5 Å². The van der Waals surface area contributed by atoms with Gasteiger partial charge in [0.05, 0.1) is 16.8 Å². The van der Waals surface area contributed by atoms with Gasteiger partial charge in [-0.05, 0) is 53.4 Å². The first-order chi connectivity index (χ1) is 18.6. The smallest absolute Gasteiger partial charge is 0.416 e. The molecule has 0 aliphatic rings. The lowest BCUT2D eigenvalue weighted by Gasteiger charge is -2.12. The van der Waals surface area contributed by atoms with Crippen molar-refractivity contribution in [3.05, 3.63) is 106 Å². The number of hydrazone groups is 1. The van der Waals surface area contributed by atoms with Crippen molar-refractivity contribution in [2.75, 3.05) is 6.61 Å². The number of phenolic OH excluding ortho intramolecular Hbond substituents is 1. The quantitative estimate of drug-likeness (QED) is 0.192. The fourth-order valence-corrected chi connectivity index (χ4v) is 3.79. The van der Waals surface area contributed by atoms with Crippen LogP contribution >= 0.6 is 11.6 Å². The second-order valence-electron chi connectivity index (χ2n) is 8.32. The zero-order valence-corrected chi connectivity index (χ0v) is 20.9. The van der Waals surface area contributed by atoms with E-state index in [0.29, 0.717) is 22.3 Å². The molecule has 0 atom stereocenters. The van der Waals surface area contributed by atoms with Gasteiger partial charge in [-0.25, -0.2) is 5.43 Å². The van der Waals surface area contributed by atoms with Gasteiger partial charge in [0.1, 0.15) is 11.5 Å². The predicted octanol–water partition coefficient (Wildman–Crippen LogP) is 5.68. The number of benzene rings is 4. The van der Waals surface area contributed by atoms with E-state index in [9.17, 15) is 27.9 Å². The Morgan fingerprint density at radius 2 is 1.69 bits per heavy atom. The molecular weight excluding hydrogens is 535 g/mol. The topological polar surface area (TPSA) is 100 Å². The number of hydrogen-bond acceptors (Lipinski definition) is 5. The van der Waals surface area contributed by atoms with E-state index in [1.54, 1.807) is 24.3 Å². The molecule has 0 saturated heterocycles.